The molecule has 18 fully saturated rings. The lowest BCUT2D eigenvalue weighted by atomic mass is 9.49. The van der Waals surface area contributed by atoms with Gasteiger partial charge in [0.1, 0.15) is 11.2 Å². The van der Waals surface area contributed by atoms with Crippen molar-refractivity contribution in [3.63, 3.8) is 0 Å². The first-order valence-corrected chi connectivity index (χ1v) is 34.1. The van der Waals surface area contributed by atoms with Gasteiger partial charge in [0.05, 0.1) is 24.0 Å². The van der Waals surface area contributed by atoms with Crippen molar-refractivity contribution in [1.82, 2.24) is 0 Å². The Morgan fingerprint density at radius 1 is 0.588 bits per heavy atom. The van der Waals surface area contributed by atoms with Crippen LogP contribution < -0.4 is 0 Å². The summed E-state index contributed by atoms with van der Waals surface area (Å²) in [4.78, 5) is 47.1. The first-order chi connectivity index (χ1) is 37.7. The van der Waals surface area contributed by atoms with Crippen LogP contribution >= 0.6 is 11.8 Å². The number of esters is 3. The molecule has 0 aromatic carbocycles. The number of rotatable bonds is 15. The SMILES string of the molecule is CC(C)(C)C1C2CC(C(=O)OC3(C)C4CC5CC(C4)CC3C5)C(C2)C1C1C2CC(C(=O)OC34CC5CC(CC(O)(C5)C3)C4)C(C2)C1C1C2CC(CSC34CC5CC(CC(COC(=O)C(F)(F)OOO[S-])(C5)C3)C4)C(C2)C1C(C)(C)C. The van der Waals surface area contributed by atoms with E-state index in [2.05, 4.69) is 87.4 Å². The first-order valence-electron chi connectivity index (χ1n) is 32.8. The summed E-state index contributed by atoms with van der Waals surface area (Å²) < 4.78 is 52.3. The molecular formula is C66H95F2O10S2-. The summed E-state index contributed by atoms with van der Waals surface area (Å²) in [7, 11) is 0. The van der Waals surface area contributed by atoms with E-state index in [0.717, 1.165) is 114 Å². The lowest BCUT2D eigenvalue weighted by molar-refractivity contribution is -0.532. The second kappa shape index (κ2) is 18.7. The number of aliphatic hydroxyl groups is 1. The summed E-state index contributed by atoms with van der Waals surface area (Å²) in [5.41, 5.74) is -1.75. The Kier molecular flexibility index (Phi) is 12.9. The van der Waals surface area contributed by atoms with Crippen LogP contribution in [0.15, 0.2) is 0 Å². The molecule has 19 unspecified atom stereocenters. The molecule has 0 aromatic heterocycles. The third kappa shape index (κ3) is 8.81. The van der Waals surface area contributed by atoms with Gasteiger partial charge in [-0.15, -0.1) is 4.89 Å². The molecule has 19 atom stereocenters. The smallest absolute Gasteiger partial charge is 0.484 e. The van der Waals surface area contributed by atoms with Gasteiger partial charge in [-0.3, -0.25) is 9.59 Å². The molecule has 0 heterocycles. The lowest BCUT2D eigenvalue weighted by Gasteiger charge is -2.62. The number of carbonyl (C=O) groups is 3. The van der Waals surface area contributed by atoms with Crippen LogP contribution in [0.25, 0.3) is 0 Å². The molecule has 0 amide bonds. The Balaban J connectivity index is 0.717. The van der Waals surface area contributed by atoms with E-state index in [4.69, 9.17) is 14.2 Å². The van der Waals surface area contributed by atoms with E-state index in [1.165, 1.54) is 44.9 Å². The molecule has 80 heavy (non-hydrogen) atoms. The maximum absolute atomic E-state index is 15.4. The summed E-state index contributed by atoms with van der Waals surface area (Å²) in [5, 5.41) is 15.6. The average Bonchev–Trinajstić information content (AvgIpc) is 4.26. The minimum atomic E-state index is -4.33. The first kappa shape index (κ1) is 55.4. The van der Waals surface area contributed by atoms with E-state index < -0.39 is 23.3 Å². The van der Waals surface area contributed by atoms with Crippen molar-refractivity contribution in [2.45, 2.75) is 224 Å². The molecule has 18 saturated carbocycles. The number of thioether (sulfide) groups is 1. The monoisotopic (exact) mass is 1150 g/mol. The fraction of sp³-hybridized carbons (Fsp3) is 0.955. The van der Waals surface area contributed by atoms with Gasteiger partial charge in [0, 0.05) is 16.6 Å². The van der Waals surface area contributed by atoms with Gasteiger partial charge in [0.2, 0.25) is 0 Å². The van der Waals surface area contributed by atoms with Gasteiger partial charge in [-0.2, -0.15) is 20.5 Å². The molecule has 18 bridgehead atoms. The number of fused-ring (bicyclic) bond motifs is 6. The maximum Gasteiger partial charge on any atom is 0.484 e. The number of ether oxygens (including phenoxy) is 3. The third-order valence-corrected chi connectivity index (χ3v) is 29.7. The zero-order chi connectivity index (χ0) is 55.6. The number of alkyl halides is 2. The van der Waals surface area contributed by atoms with Crippen LogP contribution in [0.2, 0.25) is 0 Å². The van der Waals surface area contributed by atoms with E-state index in [1.54, 1.807) is 0 Å². The van der Waals surface area contributed by atoms with Gasteiger partial charge < -0.3 is 36.6 Å². The van der Waals surface area contributed by atoms with Gasteiger partial charge in [-0.25, -0.2) is 4.79 Å². The molecule has 0 aliphatic heterocycles. The molecule has 10 nitrogen and oxygen atoms in total. The minimum Gasteiger partial charge on any atom is -0.579 e. The Hall–Kier alpha value is -1.19. The van der Waals surface area contributed by atoms with Gasteiger partial charge in [-0.05, 0) is 289 Å². The molecule has 18 aliphatic rings. The van der Waals surface area contributed by atoms with Gasteiger partial charge in [0.15, 0.2) is 0 Å². The predicted molar refractivity (Wildman–Crippen MR) is 298 cm³/mol. The highest BCUT2D eigenvalue weighted by molar-refractivity contribution is 8.00. The van der Waals surface area contributed by atoms with Gasteiger partial charge in [0.25, 0.3) is 0 Å². The van der Waals surface area contributed by atoms with Crippen molar-refractivity contribution < 1.29 is 56.7 Å². The van der Waals surface area contributed by atoms with Crippen LogP contribution in [0.1, 0.15) is 196 Å². The van der Waals surface area contributed by atoms with Gasteiger partial charge >= 0.3 is 24.0 Å². The summed E-state index contributed by atoms with van der Waals surface area (Å²) >= 11 is 6.27. The fourth-order valence-electron chi connectivity index (χ4n) is 27.3. The maximum atomic E-state index is 15.4. The Labute approximate surface area is 485 Å². The second-order valence-corrected chi connectivity index (χ2v) is 36.3. The zero-order valence-electron chi connectivity index (χ0n) is 49.2. The van der Waals surface area contributed by atoms with Crippen molar-refractivity contribution in [3.05, 3.63) is 0 Å². The number of carbonyl (C=O) groups excluding carboxylic acids is 3. The van der Waals surface area contributed by atoms with Crippen molar-refractivity contribution in [1.29, 1.82) is 0 Å². The molecular weight excluding hydrogens is 1050 g/mol. The average molecular weight is 1150 g/mol. The van der Waals surface area contributed by atoms with Crippen molar-refractivity contribution in [2.24, 2.45) is 152 Å². The zero-order valence-corrected chi connectivity index (χ0v) is 50.8. The third-order valence-electron chi connectivity index (χ3n) is 27.9. The number of hydrogen-bond donors (Lipinski definition) is 1. The molecule has 0 aromatic rings. The molecule has 0 saturated heterocycles. The summed E-state index contributed by atoms with van der Waals surface area (Å²) in [6.07, 6.45) is 19.9. The number of hydrogen-bond acceptors (Lipinski definition) is 12. The molecule has 0 spiro atoms. The lowest BCUT2D eigenvalue weighted by Crippen LogP contribution is -2.61. The predicted octanol–water partition coefficient (Wildman–Crippen LogP) is 13.7. The van der Waals surface area contributed by atoms with Crippen LogP contribution in [-0.2, 0) is 55.8 Å². The van der Waals surface area contributed by atoms with E-state index in [1.807, 2.05) is 0 Å². The van der Waals surface area contributed by atoms with E-state index >= 15 is 9.59 Å². The van der Waals surface area contributed by atoms with Crippen LogP contribution in [0.5, 0.6) is 0 Å². The number of halogens is 2. The van der Waals surface area contributed by atoms with Crippen LogP contribution in [0.4, 0.5) is 8.78 Å². The molecule has 1 N–H and O–H groups in total. The van der Waals surface area contributed by atoms with Crippen LogP contribution in [0, 0.1) is 152 Å². The Morgan fingerprint density at radius 2 is 1.14 bits per heavy atom. The van der Waals surface area contributed by atoms with Crippen LogP contribution in [0.3, 0.4) is 0 Å². The normalized spacial score (nSPS) is 54.1. The van der Waals surface area contributed by atoms with Crippen molar-refractivity contribution >= 4 is 42.6 Å². The summed E-state index contributed by atoms with van der Waals surface area (Å²) in [5.74, 6) is 9.88. The topological polar surface area (TPSA) is 127 Å². The fourth-order valence-corrected chi connectivity index (χ4v) is 29.4. The van der Waals surface area contributed by atoms with E-state index in [-0.39, 0.29) is 62.9 Å². The highest BCUT2D eigenvalue weighted by Crippen LogP contribution is 2.76. The minimum absolute atomic E-state index is 0.0396. The highest BCUT2D eigenvalue weighted by atomic mass is 32.2. The van der Waals surface area contributed by atoms with Crippen molar-refractivity contribution in [2.75, 3.05) is 12.4 Å². The summed E-state index contributed by atoms with van der Waals surface area (Å²) in [6, 6.07) is 0. The standard InChI is InChI=1S/C66H96F2O10S2/c1-59(2,3)54-41-19-47(49(20-41)56(69)74-61(7)43-11-33-8-34(13-43)14-44(61)12-33)53(54)50-40-17-46(48(18-40)57(70)75-64-25-37-10-38(26-64)24-63(72,23-37)31-64)52(50)51-39-15-42(45(16-39)55(51)60(4,5)6)29-80-65-27-35-9-36(28-65)22-62(21-35,30-65)32-73-58(71)66(67,68)76-77-78-79/h33-55,72,79H,8-32H2,1-7H3/p-1. The highest BCUT2D eigenvalue weighted by Gasteiger charge is 2.72. The van der Waals surface area contributed by atoms with E-state index in [0.29, 0.717) is 113 Å². The molecule has 14 heteroatoms. The second-order valence-electron chi connectivity index (χ2n) is 34.7. The molecule has 18 rings (SSSR count). The molecule has 0 radical (unpaired) electrons. The van der Waals surface area contributed by atoms with Crippen molar-refractivity contribution in [3.8, 4) is 0 Å². The van der Waals surface area contributed by atoms with E-state index in [9.17, 15) is 18.7 Å². The van der Waals surface area contributed by atoms with Gasteiger partial charge in [-0.1, -0.05) is 46.6 Å². The summed E-state index contributed by atoms with van der Waals surface area (Å²) in [6.45, 7) is 17.3. The largest absolute Gasteiger partial charge is 0.579 e. The Morgan fingerprint density at radius 3 is 1.75 bits per heavy atom. The quantitative estimate of drug-likeness (QED) is 0.0551. The Bertz CT molecular complexity index is 2430. The molecule has 18 aliphatic carbocycles. The molecule has 446 valence electrons. The van der Waals surface area contributed by atoms with Crippen LogP contribution in [-0.4, -0.2) is 63.0 Å².